The lowest BCUT2D eigenvalue weighted by Gasteiger charge is -2.36. The summed E-state index contributed by atoms with van der Waals surface area (Å²) < 4.78 is 13.8. The molecule has 3 heterocycles. The summed E-state index contributed by atoms with van der Waals surface area (Å²) in [4.78, 5) is 24.8. The fourth-order valence-corrected chi connectivity index (χ4v) is 4.74. The van der Waals surface area contributed by atoms with Gasteiger partial charge in [-0.25, -0.2) is 9.37 Å². The molecule has 2 aromatic carbocycles. The SMILES string of the molecule is Cc1ccc(-c2csc3c(=O)[nH]c(N4CCN(c5ccc(F)cc5)CC4)nc23)cc1. The predicted molar refractivity (Wildman–Crippen MR) is 121 cm³/mol. The topological polar surface area (TPSA) is 52.2 Å². The van der Waals surface area contributed by atoms with Crippen LogP contribution in [0.4, 0.5) is 16.0 Å². The van der Waals surface area contributed by atoms with Crippen molar-refractivity contribution in [2.45, 2.75) is 6.92 Å². The van der Waals surface area contributed by atoms with Gasteiger partial charge in [0, 0.05) is 42.8 Å². The number of halogens is 1. The maximum atomic E-state index is 13.2. The average Bonchev–Trinajstić information content (AvgIpc) is 3.20. The monoisotopic (exact) mass is 420 g/mol. The minimum atomic E-state index is -0.229. The van der Waals surface area contributed by atoms with Crippen LogP contribution in [-0.2, 0) is 0 Å². The maximum Gasteiger partial charge on any atom is 0.270 e. The van der Waals surface area contributed by atoms with Crippen molar-refractivity contribution in [1.29, 1.82) is 0 Å². The Morgan fingerprint density at radius 1 is 0.967 bits per heavy atom. The molecular formula is C23H21FN4OS. The molecule has 7 heteroatoms. The summed E-state index contributed by atoms with van der Waals surface area (Å²) in [5, 5.41) is 2.01. The Balaban J connectivity index is 1.42. The summed E-state index contributed by atoms with van der Waals surface area (Å²) in [6.45, 7) is 5.08. The largest absolute Gasteiger partial charge is 0.368 e. The molecule has 0 aliphatic carbocycles. The zero-order valence-electron chi connectivity index (χ0n) is 16.6. The number of benzene rings is 2. The van der Waals surface area contributed by atoms with E-state index in [1.54, 1.807) is 12.1 Å². The fourth-order valence-electron chi connectivity index (χ4n) is 3.83. The number of thiophene rings is 1. The molecule has 5 nitrogen and oxygen atoms in total. The third kappa shape index (κ3) is 3.45. The summed E-state index contributed by atoms with van der Waals surface area (Å²) >= 11 is 1.43. The van der Waals surface area contributed by atoms with Crippen LogP contribution in [0.2, 0.25) is 0 Å². The van der Waals surface area contributed by atoms with Crippen LogP contribution < -0.4 is 15.4 Å². The standard InChI is InChI=1S/C23H21FN4OS/c1-15-2-4-16(5-3-15)19-14-30-21-20(19)25-23(26-22(21)29)28-12-10-27(11-13-28)18-8-6-17(24)7-9-18/h2-9,14H,10-13H2,1H3,(H,25,26,29). The highest BCUT2D eigenvalue weighted by atomic mass is 32.1. The van der Waals surface area contributed by atoms with E-state index < -0.39 is 0 Å². The molecular weight excluding hydrogens is 399 g/mol. The van der Waals surface area contributed by atoms with Crippen molar-refractivity contribution in [2.75, 3.05) is 36.0 Å². The molecule has 1 saturated heterocycles. The van der Waals surface area contributed by atoms with Gasteiger partial charge in [0.15, 0.2) is 0 Å². The van der Waals surface area contributed by atoms with Crippen molar-refractivity contribution in [3.05, 3.63) is 75.6 Å². The Morgan fingerprint density at radius 2 is 1.63 bits per heavy atom. The molecule has 5 rings (SSSR count). The highest BCUT2D eigenvalue weighted by Crippen LogP contribution is 2.32. The Kier molecular flexibility index (Phi) is 4.75. The van der Waals surface area contributed by atoms with Crippen LogP contribution in [0, 0.1) is 12.7 Å². The number of aryl methyl sites for hydroxylation is 1. The Morgan fingerprint density at radius 3 is 2.33 bits per heavy atom. The maximum absolute atomic E-state index is 13.2. The molecule has 1 aliphatic rings. The first-order valence-corrected chi connectivity index (χ1v) is 10.8. The number of nitrogens with one attached hydrogen (secondary N) is 1. The van der Waals surface area contributed by atoms with E-state index in [0.29, 0.717) is 10.6 Å². The van der Waals surface area contributed by atoms with Crippen molar-refractivity contribution in [3.8, 4) is 11.1 Å². The molecule has 1 N–H and O–H groups in total. The molecule has 30 heavy (non-hydrogen) atoms. The number of rotatable bonds is 3. The van der Waals surface area contributed by atoms with Crippen LogP contribution in [0.5, 0.6) is 0 Å². The van der Waals surface area contributed by atoms with E-state index in [1.165, 1.54) is 29.0 Å². The van der Waals surface area contributed by atoms with Crippen molar-refractivity contribution in [3.63, 3.8) is 0 Å². The minimum Gasteiger partial charge on any atom is -0.368 e. The van der Waals surface area contributed by atoms with Gasteiger partial charge in [-0.15, -0.1) is 11.3 Å². The molecule has 1 fully saturated rings. The molecule has 0 atom stereocenters. The molecule has 152 valence electrons. The van der Waals surface area contributed by atoms with Gasteiger partial charge in [0.2, 0.25) is 5.95 Å². The van der Waals surface area contributed by atoms with Crippen LogP contribution in [-0.4, -0.2) is 36.1 Å². The first-order valence-electron chi connectivity index (χ1n) is 9.92. The van der Waals surface area contributed by atoms with Crippen molar-refractivity contribution >= 4 is 33.2 Å². The van der Waals surface area contributed by atoms with Crippen molar-refractivity contribution in [1.82, 2.24) is 9.97 Å². The zero-order chi connectivity index (χ0) is 20.7. The van der Waals surface area contributed by atoms with Gasteiger partial charge >= 0.3 is 0 Å². The molecule has 2 aromatic heterocycles. The smallest absolute Gasteiger partial charge is 0.270 e. The number of hydrogen-bond acceptors (Lipinski definition) is 5. The zero-order valence-corrected chi connectivity index (χ0v) is 17.4. The summed E-state index contributed by atoms with van der Waals surface area (Å²) in [5.41, 5.74) is 4.92. The van der Waals surface area contributed by atoms with E-state index in [9.17, 15) is 9.18 Å². The first-order chi connectivity index (χ1) is 14.6. The van der Waals surface area contributed by atoms with E-state index in [-0.39, 0.29) is 11.4 Å². The van der Waals surface area contributed by atoms with E-state index in [1.807, 2.05) is 5.38 Å². The van der Waals surface area contributed by atoms with Crippen LogP contribution in [0.15, 0.2) is 58.7 Å². The highest BCUT2D eigenvalue weighted by molar-refractivity contribution is 7.17. The van der Waals surface area contributed by atoms with Gasteiger partial charge in [-0.2, -0.15) is 0 Å². The van der Waals surface area contributed by atoms with Crippen LogP contribution >= 0.6 is 11.3 Å². The third-order valence-electron chi connectivity index (χ3n) is 5.55. The second kappa shape index (κ2) is 7.57. The lowest BCUT2D eigenvalue weighted by molar-refractivity contribution is 0.623. The summed E-state index contributed by atoms with van der Waals surface area (Å²) in [6.07, 6.45) is 0. The second-order valence-electron chi connectivity index (χ2n) is 7.53. The lowest BCUT2D eigenvalue weighted by atomic mass is 10.1. The van der Waals surface area contributed by atoms with E-state index in [0.717, 1.165) is 48.5 Å². The Hall–Kier alpha value is -3.19. The van der Waals surface area contributed by atoms with Crippen LogP contribution in [0.25, 0.3) is 21.3 Å². The number of anilines is 2. The predicted octanol–water partition coefficient (Wildman–Crippen LogP) is 4.43. The quantitative estimate of drug-likeness (QED) is 0.533. The van der Waals surface area contributed by atoms with Crippen molar-refractivity contribution < 1.29 is 4.39 Å². The number of piperazine rings is 1. The van der Waals surface area contributed by atoms with Gasteiger partial charge in [-0.1, -0.05) is 29.8 Å². The highest BCUT2D eigenvalue weighted by Gasteiger charge is 2.21. The summed E-state index contributed by atoms with van der Waals surface area (Å²) in [7, 11) is 0. The number of fused-ring (bicyclic) bond motifs is 1. The van der Waals surface area contributed by atoms with Gasteiger partial charge in [0.1, 0.15) is 10.5 Å². The van der Waals surface area contributed by atoms with Gasteiger partial charge in [0.25, 0.3) is 5.56 Å². The second-order valence-corrected chi connectivity index (χ2v) is 8.41. The molecule has 0 spiro atoms. The summed E-state index contributed by atoms with van der Waals surface area (Å²) in [5.74, 6) is 0.380. The lowest BCUT2D eigenvalue weighted by Crippen LogP contribution is -2.47. The number of hydrogen-bond donors (Lipinski definition) is 1. The number of nitrogens with zero attached hydrogens (tertiary/aromatic N) is 3. The molecule has 0 unspecified atom stereocenters. The first kappa shape index (κ1) is 18.8. The van der Waals surface area contributed by atoms with Gasteiger partial charge < -0.3 is 9.80 Å². The fraction of sp³-hybridized carbons (Fsp3) is 0.217. The van der Waals surface area contributed by atoms with Crippen LogP contribution in [0.3, 0.4) is 0 Å². The summed E-state index contributed by atoms with van der Waals surface area (Å²) in [6, 6.07) is 14.9. The molecule has 0 amide bonds. The molecule has 1 aliphatic heterocycles. The number of aromatic nitrogens is 2. The average molecular weight is 421 g/mol. The third-order valence-corrected chi connectivity index (χ3v) is 6.52. The minimum absolute atomic E-state index is 0.0978. The van der Waals surface area contributed by atoms with Gasteiger partial charge in [0.05, 0.1) is 5.52 Å². The normalized spacial score (nSPS) is 14.5. The van der Waals surface area contributed by atoms with E-state index >= 15 is 0 Å². The van der Waals surface area contributed by atoms with Gasteiger partial charge in [-0.05, 0) is 36.8 Å². The molecule has 4 aromatic rings. The molecule has 0 saturated carbocycles. The van der Waals surface area contributed by atoms with Crippen molar-refractivity contribution in [2.24, 2.45) is 0 Å². The van der Waals surface area contributed by atoms with E-state index in [4.69, 9.17) is 4.98 Å². The molecule has 0 bridgehead atoms. The Bertz CT molecular complexity index is 1240. The van der Waals surface area contributed by atoms with Crippen LogP contribution in [0.1, 0.15) is 5.56 Å². The Labute approximate surface area is 177 Å². The molecule has 0 radical (unpaired) electrons. The number of H-pyrrole nitrogens is 1. The van der Waals surface area contributed by atoms with E-state index in [2.05, 4.69) is 46.0 Å². The van der Waals surface area contributed by atoms with Gasteiger partial charge in [-0.3, -0.25) is 9.78 Å². The number of aromatic amines is 1.